The Kier molecular flexibility index (Phi) is 11.6. The molecule has 15 heteroatoms. The highest BCUT2D eigenvalue weighted by Crippen LogP contribution is 2.45. The molecule has 7 rings (SSSR count). The summed E-state index contributed by atoms with van der Waals surface area (Å²) in [4.78, 5) is 42.0. The fraction of sp³-hybridized carbons (Fsp3) is 0.513. The van der Waals surface area contributed by atoms with Gasteiger partial charge in [0.05, 0.1) is 25.4 Å². The van der Waals surface area contributed by atoms with Crippen LogP contribution in [0.5, 0.6) is 0 Å². The van der Waals surface area contributed by atoms with E-state index in [4.69, 9.17) is 23.7 Å². The number of hydrogen-bond acceptors (Lipinski definition) is 13. The lowest BCUT2D eigenvalue weighted by molar-refractivity contribution is -0.298. The van der Waals surface area contributed by atoms with Gasteiger partial charge in [-0.05, 0) is 47.7 Å². The van der Waals surface area contributed by atoms with Crippen LogP contribution in [0, 0.1) is 0 Å². The summed E-state index contributed by atoms with van der Waals surface area (Å²) in [6, 6.07) is 13.9. The van der Waals surface area contributed by atoms with Gasteiger partial charge in [-0.25, -0.2) is 4.79 Å². The Hall–Kier alpha value is -4.03. The third-order valence-electron chi connectivity index (χ3n) is 10.6. The molecule has 2 aromatic carbocycles. The number of aliphatic hydroxyl groups is 5. The number of amides is 2. The Balaban J connectivity index is 1.02. The number of likely N-dealkylation sites (tertiary alicyclic amines) is 1. The van der Waals surface area contributed by atoms with Crippen LogP contribution in [0.3, 0.4) is 0 Å². The molecule has 2 aromatic rings. The molecule has 2 amide bonds. The lowest BCUT2D eigenvalue weighted by atomic mass is 9.91. The molecule has 15 nitrogen and oxygen atoms in total. The normalized spacial score (nSPS) is 31.3. The van der Waals surface area contributed by atoms with Gasteiger partial charge in [-0.1, -0.05) is 48.6 Å². The molecule has 3 saturated heterocycles. The van der Waals surface area contributed by atoms with Crippen LogP contribution in [-0.2, 0) is 46.1 Å². The van der Waals surface area contributed by atoms with Crippen molar-refractivity contribution in [2.75, 3.05) is 32.9 Å². The SMILES string of the molecule is O=C(O[C@@H]1CC(C(=O)N2CCC[C@@H]2C(=O)NCCO)=C[C@H]2OC3(Cc4ccccc4C3)O[C@H]21)c1ccc(C=CCO[C@H]2O[C@H](CO)[C@H](O)[C@H](O)[C@H]2O)cc1. The van der Waals surface area contributed by atoms with Gasteiger partial charge >= 0.3 is 5.97 Å². The van der Waals surface area contributed by atoms with Crippen LogP contribution < -0.4 is 5.32 Å². The quantitative estimate of drug-likeness (QED) is 0.164. The smallest absolute Gasteiger partial charge is 0.338 e. The number of ether oxygens (including phenoxy) is 5. The molecule has 2 aliphatic carbocycles. The minimum atomic E-state index is -1.54. The van der Waals surface area contributed by atoms with E-state index in [0.29, 0.717) is 37.8 Å². The van der Waals surface area contributed by atoms with Crippen molar-refractivity contribution in [1.29, 1.82) is 0 Å². The molecule has 0 saturated carbocycles. The number of carbonyl (C=O) groups excluding carboxylic acids is 3. The second kappa shape index (κ2) is 16.4. The first-order valence-corrected chi connectivity index (χ1v) is 18.3. The summed E-state index contributed by atoms with van der Waals surface area (Å²) in [5.41, 5.74) is 3.57. The summed E-state index contributed by atoms with van der Waals surface area (Å²) in [7, 11) is 0. The summed E-state index contributed by atoms with van der Waals surface area (Å²) < 4.78 is 30.1. The molecule has 1 spiro atoms. The third kappa shape index (κ3) is 7.87. The lowest BCUT2D eigenvalue weighted by Gasteiger charge is -2.39. The first-order valence-electron chi connectivity index (χ1n) is 18.3. The van der Waals surface area contributed by atoms with Gasteiger partial charge < -0.3 is 59.4 Å². The van der Waals surface area contributed by atoms with Crippen molar-refractivity contribution in [3.63, 3.8) is 0 Å². The number of fused-ring (bicyclic) bond motifs is 2. The zero-order chi connectivity index (χ0) is 38.0. The van der Waals surface area contributed by atoms with E-state index in [1.54, 1.807) is 42.5 Å². The lowest BCUT2D eigenvalue weighted by Crippen LogP contribution is -2.59. The summed E-state index contributed by atoms with van der Waals surface area (Å²) in [6.07, 6.45) is -1.73. The van der Waals surface area contributed by atoms with Crippen LogP contribution in [0.2, 0.25) is 0 Å². The van der Waals surface area contributed by atoms with Crippen LogP contribution >= 0.6 is 0 Å². The van der Waals surface area contributed by atoms with Crippen molar-refractivity contribution < 1.29 is 63.6 Å². The number of esters is 1. The minimum Gasteiger partial charge on any atom is -0.456 e. The van der Waals surface area contributed by atoms with Crippen LogP contribution in [0.15, 0.2) is 66.3 Å². The topological polar surface area (TPSA) is 214 Å². The van der Waals surface area contributed by atoms with Gasteiger partial charge in [0.25, 0.3) is 0 Å². The van der Waals surface area contributed by atoms with Gasteiger partial charge in [0, 0.05) is 37.9 Å². The second-order valence-electron chi connectivity index (χ2n) is 14.3. The molecule has 0 unspecified atom stereocenters. The molecule has 54 heavy (non-hydrogen) atoms. The van der Waals surface area contributed by atoms with Crippen molar-refractivity contribution in [1.82, 2.24) is 10.2 Å². The van der Waals surface area contributed by atoms with Crippen molar-refractivity contribution in [3.05, 3.63) is 88.5 Å². The minimum absolute atomic E-state index is 0.0224. The standard InChI is InChI=1S/C39H46N2O13/c42-15-13-40-35(47)27-8-3-14-41(27)36(48)26-17-28(34-29(18-26)53-39(54-34)19-24-6-1-2-7-25(24)20-39)51-37(49)23-11-9-22(10-12-23)5-4-16-50-38-33(46)32(45)31(44)30(21-43)52-38/h1-2,4-7,9-12,18,27-34,38,42-46H,3,8,13-17,19-21H2,(H,40,47)/t27-,28-,29-,30-,31+,32+,33-,34+,38+/m1/s1. The van der Waals surface area contributed by atoms with Gasteiger partial charge in [-0.2, -0.15) is 0 Å². The summed E-state index contributed by atoms with van der Waals surface area (Å²) in [5, 5.41) is 51.3. The fourth-order valence-electron chi connectivity index (χ4n) is 7.89. The van der Waals surface area contributed by atoms with Crippen molar-refractivity contribution in [2.45, 2.75) is 93.0 Å². The van der Waals surface area contributed by atoms with E-state index in [-0.39, 0.29) is 43.6 Å². The second-order valence-corrected chi connectivity index (χ2v) is 14.3. The third-order valence-corrected chi connectivity index (χ3v) is 10.6. The zero-order valence-electron chi connectivity index (χ0n) is 29.6. The van der Waals surface area contributed by atoms with Crippen molar-refractivity contribution >= 4 is 23.9 Å². The van der Waals surface area contributed by atoms with E-state index in [0.717, 1.165) is 16.7 Å². The number of nitrogens with zero attached hydrogens (tertiary/aromatic N) is 1. The molecule has 3 heterocycles. The fourth-order valence-corrected chi connectivity index (χ4v) is 7.89. The molecule has 0 aromatic heterocycles. The van der Waals surface area contributed by atoms with Gasteiger partial charge in [0.2, 0.25) is 11.8 Å². The van der Waals surface area contributed by atoms with E-state index < -0.39 is 73.4 Å². The Morgan fingerprint density at radius 3 is 2.41 bits per heavy atom. The maximum atomic E-state index is 14.0. The highest BCUT2D eigenvalue weighted by molar-refractivity contribution is 5.98. The molecular weight excluding hydrogens is 704 g/mol. The first kappa shape index (κ1) is 38.3. The van der Waals surface area contributed by atoms with Crippen LogP contribution in [0.1, 0.15) is 46.3 Å². The maximum Gasteiger partial charge on any atom is 0.338 e. The molecule has 0 radical (unpaired) electrons. The number of benzene rings is 2. The van der Waals surface area contributed by atoms with Crippen LogP contribution in [0.4, 0.5) is 0 Å². The predicted octanol–water partition coefficient (Wildman–Crippen LogP) is -0.250. The van der Waals surface area contributed by atoms with E-state index in [2.05, 4.69) is 5.32 Å². The predicted molar refractivity (Wildman–Crippen MR) is 188 cm³/mol. The monoisotopic (exact) mass is 750 g/mol. The van der Waals surface area contributed by atoms with E-state index in [9.17, 15) is 39.9 Å². The first-order chi connectivity index (χ1) is 26.1. The molecular formula is C39H46N2O13. The van der Waals surface area contributed by atoms with E-state index in [1.807, 2.05) is 24.3 Å². The van der Waals surface area contributed by atoms with Crippen LogP contribution in [-0.4, -0.2) is 142 Å². The highest BCUT2D eigenvalue weighted by Gasteiger charge is 2.55. The molecule has 3 fully saturated rings. The molecule has 5 aliphatic rings. The Bertz CT molecular complexity index is 1720. The number of nitrogens with one attached hydrogen (secondary N) is 1. The number of carbonyl (C=O) groups is 3. The summed E-state index contributed by atoms with van der Waals surface area (Å²) in [5.74, 6) is -2.24. The summed E-state index contributed by atoms with van der Waals surface area (Å²) in [6.45, 7) is -0.307. The van der Waals surface area contributed by atoms with Crippen molar-refractivity contribution in [2.24, 2.45) is 0 Å². The number of aliphatic hydroxyl groups excluding tert-OH is 5. The van der Waals surface area contributed by atoms with Gasteiger partial charge in [-0.3, -0.25) is 9.59 Å². The Morgan fingerprint density at radius 1 is 0.963 bits per heavy atom. The molecule has 290 valence electrons. The Labute approximate surface area is 311 Å². The zero-order valence-corrected chi connectivity index (χ0v) is 29.6. The van der Waals surface area contributed by atoms with E-state index >= 15 is 0 Å². The van der Waals surface area contributed by atoms with E-state index in [1.165, 1.54) is 4.90 Å². The molecule has 6 N–H and O–H groups in total. The molecule has 0 bridgehead atoms. The summed E-state index contributed by atoms with van der Waals surface area (Å²) >= 11 is 0. The van der Waals surface area contributed by atoms with Gasteiger partial charge in [0.1, 0.15) is 48.8 Å². The maximum absolute atomic E-state index is 14.0. The average Bonchev–Trinajstić information content (AvgIpc) is 3.91. The highest BCUT2D eigenvalue weighted by atomic mass is 16.8. The largest absolute Gasteiger partial charge is 0.456 e. The number of rotatable bonds is 11. The Morgan fingerprint density at radius 2 is 1.70 bits per heavy atom. The van der Waals surface area contributed by atoms with Gasteiger partial charge in [0.15, 0.2) is 12.1 Å². The van der Waals surface area contributed by atoms with Crippen LogP contribution in [0.25, 0.3) is 6.08 Å². The molecule has 3 aliphatic heterocycles. The van der Waals surface area contributed by atoms with Crippen molar-refractivity contribution in [3.8, 4) is 0 Å². The average molecular weight is 751 g/mol. The van der Waals surface area contributed by atoms with Gasteiger partial charge in [-0.15, -0.1) is 0 Å². The molecule has 9 atom stereocenters. The number of hydrogen-bond donors (Lipinski definition) is 6.